The van der Waals surface area contributed by atoms with Crippen LogP contribution in [0.25, 0.3) is 10.9 Å². The van der Waals surface area contributed by atoms with Crippen molar-refractivity contribution in [3.05, 3.63) is 115 Å². The van der Waals surface area contributed by atoms with E-state index in [1.54, 1.807) is 6.07 Å². The van der Waals surface area contributed by atoms with Gasteiger partial charge in [0.15, 0.2) is 0 Å². The van der Waals surface area contributed by atoms with Crippen molar-refractivity contribution in [2.24, 2.45) is 5.10 Å². The van der Waals surface area contributed by atoms with Crippen LogP contribution in [0.2, 0.25) is 10.0 Å². The van der Waals surface area contributed by atoms with Crippen LogP contribution in [0.1, 0.15) is 54.5 Å². The standard InChI is InChI=1S/C29H25Cl2N3O2/c1-2-6-27(35)34-26(19-9-11-20(30)12-10-19)17-25(33-34)28-23(15-18-7-4-3-5-8-18)22-16-21(31)13-14-24(22)32-29(28)36/h3-5,7-14,16,26H,2,6,15,17H2,1H3,(H,32,36). The molecule has 1 aliphatic rings. The van der Waals surface area contributed by atoms with Gasteiger partial charge in [-0.05, 0) is 59.9 Å². The first-order valence-corrected chi connectivity index (χ1v) is 12.7. The topological polar surface area (TPSA) is 65.5 Å². The molecule has 7 heteroatoms. The molecule has 0 saturated carbocycles. The first kappa shape index (κ1) is 24.3. The van der Waals surface area contributed by atoms with Crippen LogP contribution in [-0.4, -0.2) is 21.6 Å². The third kappa shape index (κ3) is 4.81. The molecule has 1 aromatic heterocycles. The number of halogens is 2. The van der Waals surface area contributed by atoms with E-state index in [-0.39, 0.29) is 17.5 Å². The highest BCUT2D eigenvalue weighted by Crippen LogP contribution is 2.35. The molecule has 36 heavy (non-hydrogen) atoms. The number of rotatable bonds is 6. The Kier molecular flexibility index (Phi) is 6.95. The maximum atomic E-state index is 13.5. The molecule has 2 heterocycles. The number of hydrogen-bond acceptors (Lipinski definition) is 3. The van der Waals surface area contributed by atoms with Gasteiger partial charge in [-0.3, -0.25) is 9.59 Å². The fourth-order valence-electron chi connectivity index (χ4n) is 4.78. The third-order valence-corrected chi connectivity index (χ3v) is 6.97. The highest BCUT2D eigenvalue weighted by molar-refractivity contribution is 6.31. The lowest BCUT2D eigenvalue weighted by Crippen LogP contribution is -2.26. The molecule has 5 rings (SSSR count). The van der Waals surface area contributed by atoms with Crippen molar-refractivity contribution in [1.29, 1.82) is 0 Å². The fourth-order valence-corrected chi connectivity index (χ4v) is 5.08. The predicted molar refractivity (Wildman–Crippen MR) is 146 cm³/mol. The number of amides is 1. The van der Waals surface area contributed by atoms with Gasteiger partial charge in [0.25, 0.3) is 5.56 Å². The summed E-state index contributed by atoms with van der Waals surface area (Å²) in [6.45, 7) is 1.96. The molecule has 4 aromatic rings. The number of fused-ring (bicyclic) bond motifs is 1. The third-order valence-electron chi connectivity index (χ3n) is 6.48. The van der Waals surface area contributed by atoms with Gasteiger partial charge in [0.1, 0.15) is 0 Å². The number of aromatic nitrogens is 1. The van der Waals surface area contributed by atoms with Crippen molar-refractivity contribution >= 4 is 45.7 Å². The molecule has 1 aliphatic heterocycles. The van der Waals surface area contributed by atoms with Gasteiger partial charge in [-0.25, -0.2) is 5.01 Å². The molecule has 5 nitrogen and oxygen atoms in total. The van der Waals surface area contributed by atoms with Crippen LogP contribution in [0.4, 0.5) is 0 Å². The molecule has 1 atom stereocenters. The molecule has 1 unspecified atom stereocenters. The number of carbonyl (C=O) groups is 1. The number of nitrogens with one attached hydrogen (secondary N) is 1. The van der Waals surface area contributed by atoms with Crippen LogP contribution in [0.15, 0.2) is 82.7 Å². The lowest BCUT2D eigenvalue weighted by molar-refractivity contribution is -0.133. The average molecular weight is 518 g/mol. The van der Waals surface area contributed by atoms with Crippen molar-refractivity contribution in [1.82, 2.24) is 9.99 Å². The number of hydrazone groups is 1. The van der Waals surface area contributed by atoms with E-state index in [1.807, 2.05) is 73.7 Å². The molecule has 0 radical (unpaired) electrons. The summed E-state index contributed by atoms with van der Waals surface area (Å²) in [5.74, 6) is -0.0719. The Morgan fingerprint density at radius 3 is 2.47 bits per heavy atom. The highest BCUT2D eigenvalue weighted by Gasteiger charge is 2.34. The van der Waals surface area contributed by atoms with E-state index in [9.17, 15) is 9.59 Å². The Hall–Kier alpha value is -3.41. The second-order valence-electron chi connectivity index (χ2n) is 8.97. The maximum Gasteiger partial charge on any atom is 0.257 e. The second-order valence-corrected chi connectivity index (χ2v) is 9.84. The Labute approximate surface area is 219 Å². The minimum Gasteiger partial charge on any atom is -0.321 e. The Bertz CT molecular complexity index is 1510. The van der Waals surface area contributed by atoms with Gasteiger partial charge in [-0.2, -0.15) is 5.10 Å². The summed E-state index contributed by atoms with van der Waals surface area (Å²) in [6, 6.07) is 22.6. The molecule has 182 valence electrons. The monoisotopic (exact) mass is 517 g/mol. The molecule has 1 amide bonds. The molecule has 1 N–H and O–H groups in total. The van der Waals surface area contributed by atoms with Gasteiger partial charge in [0, 0.05) is 33.8 Å². The largest absolute Gasteiger partial charge is 0.321 e. The van der Waals surface area contributed by atoms with E-state index >= 15 is 0 Å². The number of nitrogens with zero attached hydrogens (tertiary/aromatic N) is 2. The van der Waals surface area contributed by atoms with Crippen molar-refractivity contribution in [3.63, 3.8) is 0 Å². The molecule has 0 aliphatic carbocycles. The van der Waals surface area contributed by atoms with Crippen molar-refractivity contribution < 1.29 is 4.79 Å². The molecular formula is C29H25Cl2N3O2. The molecule has 0 bridgehead atoms. The summed E-state index contributed by atoms with van der Waals surface area (Å²) in [4.78, 5) is 29.6. The van der Waals surface area contributed by atoms with Gasteiger partial charge in [-0.15, -0.1) is 0 Å². The predicted octanol–water partition coefficient (Wildman–Crippen LogP) is 6.90. The van der Waals surface area contributed by atoms with Crippen molar-refractivity contribution in [2.45, 2.75) is 38.6 Å². The van der Waals surface area contributed by atoms with E-state index < -0.39 is 0 Å². The number of benzene rings is 3. The minimum absolute atomic E-state index is 0.0719. The van der Waals surface area contributed by atoms with Crippen LogP contribution < -0.4 is 5.56 Å². The molecule has 0 saturated heterocycles. The Morgan fingerprint density at radius 1 is 1.03 bits per heavy atom. The molecule has 0 fully saturated rings. The van der Waals surface area contributed by atoms with Gasteiger partial charge in [-0.1, -0.05) is 72.6 Å². The van der Waals surface area contributed by atoms with Crippen LogP contribution in [0.3, 0.4) is 0 Å². The number of H-pyrrole nitrogens is 1. The van der Waals surface area contributed by atoms with E-state index in [2.05, 4.69) is 4.98 Å². The number of aromatic amines is 1. The summed E-state index contributed by atoms with van der Waals surface area (Å²) < 4.78 is 0. The molecule has 3 aromatic carbocycles. The van der Waals surface area contributed by atoms with E-state index in [4.69, 9.17) is 28.3 Å². The molecular weight excluding hydrogens is 493 g/mol. The Balaban J connectivity index is 1.67. The minimum atomic E-state index is -0.310. The second kappa shape index (κ2) is 10.3. The van der Waals surface area contributed by atoms with E-state index in [0.29, 0.717) is 52.5 Å². The summed E-state index contributed by atoms with van der Waals surface area (Å²) in [5.41, 5.74) is 4.42. The fraction of sp³-hybridized carbons (Fsp3) is 0.207. The summed E-state index contributed by atoms with van der Waals surface area (Å²) in [5, 5.41) is 8.38. The van der Waals surface area contributed by atoms with Gasteiger partial charge >= 0.3 is 0 Å². The normalized spacial score (nSPS) is 15.4. The summed E-state index contributed by atoms with van der Waals surface area (Å²) in [6.07, 6.45) is 2.04. The quantitative estimate of drug-likeness (QED) is 0.302. The van der Waals surface area contributed by atoms with E-state index in [0.717, 1.165) is 22.1 Å². The molecule has 0 spiro atoms. The zero-order valence-corrected chi connectivity index (χ0v) is 21.3. The zero-order chi connectivity index (χ0) is 25.2. The van der Waals surface area contributed by atoms with Gasteiger partial charge < -0.3 is 4.98 Å². The van der Waals surface area contributed by atoms with Crippen LogP contribution >= 0.6 is 23.2 Å². The van der Waals surface area contributed by atoms with Crippen molar-refractivity contribution in [3.8, 4) is 0 Å². The lowest BCUT2D eigenvalue weighted by atomic mass is 9.91. The first-order valence-electron chi connectivity index (χ1n) is 12.0. The van der Waals surface area contributed by atoms with Gasteiger partial charge in [0.2, 0.25) is 5.91 Å². The van der Waals surface area contributed by atoms with E-state index in [1.165, 1.54) is 5.01 Å². The van der Waals surface area contributed by atoms with Crippen molar-refractivity contribution in [2.75, 3.05) is 0 Å². The van der Waals surface area contributed by atoms with Crippen LogP contribution in [0.5, 0.6) is 0 Å². The summed E-state index contributed by atoms with van der Waals surface area (Å²) >= 11 is 12.5. The lowest BCUT2D eigenvalue weighted by Gasteiger charge is -2.22. The Morgan fingerprint density at radius 2 is 1.75 bits per heavy atom. The SMILES string of the molecule is CCCC(=O)N1N=C(c2c(Cc3ccccc3)c3cc(Cl)ccc3[nH]c2=O)CC1c1ccc(Cl)cc1. The summed E-state index contributed by atoms with van der Waals surface area (Å²) in [7, 11) is 0. The highest BCUT2D eigenvalue weighted by atomic mass is 35.5. The first-order chi connectivity index (χ1) is 17.4. The number of carbonyl (C=O) groups excluding carboxylic acids is 1. The zero-order valence-electron chi connectivity index (χ0n) is 19.8. The maximum absolute atomic E-state index is 13.5. The number of pyridine rings is 1. The smallest absolute Gasteiger partial charge is 0.257 e. The van der Waals surface area contributed by atoms with Crippen LogP contribution in [0, 0.1) is 0 Å². The number of hydrogen-bond donors (Lipinski definition) is 1. The van der Waals surface area contributed by atoms with Crippen LogP contribution in [-0.2, 0) is 11.2 Å². The van der Waals surface area contributed by atoms with Gasteiger partial charge in [0.05, 0.1) is 17.3 Å². The average Bonchev–Trinajstić information content (AvgIpc) is 3.31.